The fraction of sp³-hybridized carbons (Fsp3) is 0.571. The molecule has 1 aliphatic heterocycles. The predicted molar refractivity (Wildman–Crippen MR) is 78.0 cm³/mol. The molecule has 0 spiro atoms. The number of hydrogen-bond acceptors (Lipinski definition) is 3. The Kier molecular flexibility index (Phi) is 6.77. The van der Waals surface area contributed by atoms with Crippen LogP contribution in [0.25, 0.3) is 0 Å². The number of rotatable bonds is 4. The van der Waals surface area contributed by atoms with Crippen molar-refractivity contribution < 1.29 is 17.9 Å². The highest BCUT2D eigenvalue weighted by Gasteiger charge is 2.29. The Hall–Kier alpha value is -0.980. The van der Waals surface area contributed by atoms with E-state index in [4.69, 9.17) is 4.74 Å². The van der Waals surface area contributed by atoms with Gasteiger partial charge >= 0.3 is 6.18 Å². The maximum Gasteiger partial charge on any atom is 0.422 e. The highest BCUT2D eigenvalue weighted by Crippen LogP contribution is 2.24. The Bertz CT molecular complexity index is 442. The molecule has 120 valence electrons. The van der Waals surface area contributed by atoms with Gasteiger partial charge in [-0.3, -0.25) is 4.90 Å². The second-order valence-corrected chi connectivity index (χ2v) is 5.04. The summed E-state index contributed by atoms with van der Waals surface area (Å²) in [7, 11) is 0. The minimum absolute atomic E-state index is 0. The third-order valence-corrected chi connectivity index (χ3v) is 3.38. The van der Waals surface area contributed by atoms with Crippen LogP contribution in [0.15, 0.2) is 24.3 Å². The summed E-state index contributed by atoms with van der Waals surface area (Å²) in [4.78, 5) is 2.24. The first kappa shape index (κ1) is 18.1. The number of halogens is 4. The zero-order valence-corrected chi connectivity index (χ0v) is 12.6. The van der Waals surface area contributed by atoms with Gasteiger partial charge in [-0.15, -0.1) is 12.4 Å². The second kappa shape index (κ2) is 7.87. The van der Waals surface area contributed by atoms with Gasteiger partial charge in [-0.05, 0) is 13.0 Å². The third kappa shape index (κ3) is 5.73. The molecule has 0 amide bonds. The molecule has 1 fully saturated rings. The molecule has 1 atom stereocenters. The first-order valence-electron chi connectivity index (χ1n) is 6.68. The molecular formula is C14H20ClF3N2O. The summed E-state index contributed by atoms with van der Waals surface area (Å²) in [5, 5.41) is 3.29. The van der Waals surface area contributed by atoms with Crippen LogP contribution in [0.2, 0.25) is 0 Å². The van der Waals surface area contributed by atoms with Crippen LogP contribution in [-0.4, -0.2) is 43.4 Å². The van der Waals surface area contributed by atoms with Crippen molar-refractivity contribution in [2.24, 2.45) is 0 Å². The molecule has 1 aromatic carbocycles. The van der Waals surface area contributed by atoms with Crippen molar-refractivity contribution in [1.82, 2.24) is 10.2 Å². The minimum Gasteiger partial charge on any atom is -0.484 e. The van der Waals surface area contributed by atoms with Crippen LogP contribution in [-0.2, 0) is 6.54 Å². The van der Waals surface area contributed by atoms with Gasteiger partial charge in [0.15, 0.2) is 6.61 Å². The molecule has 1 N–H and O–H groups in total. The van der Waals surface area contributed by atoms with E-state index in [9.17, 15) is 13.2 Å². The maximum atomic E-state index is 12.2. The van der Waals surface area contributed by atoms with E-state index in [1.165, 1.54) is 0 Å². The number of para-hydroxylation sites is 1. The predicted octanol–water partition coefficient (Wildman–Crippen LogP) is 2.84. The lowest BCUT2D eigenvalue weighted by Crippen LogP contribution is -2.49. The summed E-state index contributed by atoms with van der Waals surface area (Å²) in [5.74, 6) is 0.315. The molecule has 21 heavy (non-hydrogen) atoms. The third-order valence-electron chi connectivity index (χ3n) is 3.38. The monoisotopic (exact) mass is 324 g/mol. The van der Waals surface area contributed by atoms with Crippen molar-refractivity contribution in [3.63, 3.8) is 0 Å². The number of hydrogen-bond donors (Lipinski definition) is 1. The molecule has 1 aromatic rings. The Morgan fingerprint density at radius 1 is 1.33 bits per heavy atom. The van der Waals surface area contributed by atoms with Crippen molar-refractivity contribution in [3.05, 3.63) is 29.8 Å². The van der Waals surface area contributed by atoms with E-state index in [1.807, 2.05) is 12.1 Å². The largest absolute Gasteiger partial charge is 0.484 e. The number of nitrogens with zero attached hydrogens (tertiary/aromatic N) is 1. The van der Waals surface area contributed by atoms with Crippen LogP contribution >= 0.6 is 12.4 Å². The van der Waals surface area contributed by atoms with Crippen LogP contribution in [0.5, 0.6) is 5.75 Å². The minimum atomic E-state index is -4.31. The number of nitrogens with one attached hydrogen (secondary N) is 1. The van der Waals surface area contributed by atoms with Gasteiger partial charge in [0, 0.05) is 37.8 Å². The average molecular weight is 325 g/mol. The summed E-state index contributed by atoms with van der Waals surface area (Å²) >= 11 is 0. The molecule has 0 bridgehead atoms. The van der Waals surface area contributed by atoms with Gasteiger partial charge in [-0.2, -0.15) is 13.2 Å². The smallest absolute Gasteiger partial charge is 0.422 e. The van der Waals surface area contributed by atoms with Gasteiger partial charge in [0.2, 0.25) is 0 Å². The molecule has 2 rings (SSSR count). The van der Waals surface area contributed by atoms with E-state index in [0.717, 1.165) is 25.2 Å². The van der Waals surface area contributed by atoms with E-state index in [-0.39, 0.29) is 12.4 Å². The highest BCUT2D eigenvalue weighted by molar-refractivity contribution is 5.85. The quantitative estimate of drug-likeness (QED) is 0.921. The first-order valence-corrected chi connectivity index (χ1v) is 6.68. The summed E-state index contributed by atoms with van der Waals surface area (Å²) < 4.78 is 41.7. The van der Waals surface area contributed by atoms with Crippen molar-refractivity contribution in [1.29, 1.82) is 0 Å². The van der Waals surface area contributed by atoms with Crippen molar-refractivity contribution in [2.45, 2.75) is 25.7 Å². The van der Waals surface area contributed by atoms with Crippen LogP contribution in [0.4, 0.5) is 13.2 Å². The number of ether oxygens (including phenoxy) is 1. The summed E-state index contributed by atoms with van der Waals surface area (Å²) in [6, 6.07) is 7.28. The lowest BCUT2D eigenvalue weighted by Gasteiger charge is -2.34. The molecule has 3 nitrogen and oxygen atoms in total. The molecule has 0 unspecified atom stereocenters. The first-order chi connectivity index (χ1) is 9.46. The lowest BCUT2D eigenvalue weighted by molar-refractivity contribution is -0.153. The molecule has 1 heterocycles. The summed E-state index contributed by atoms with van der Waals surface area (Å²) in [6.45, 7) is 4.14. The van der Waals surface area contributed by atoms with Crippen molar-refractivity contribution in [2.75, 3.05) is 26.2 Å². The highest BCUT2D eigenvalue weighted by atomic mass is 35.5. The Morgan fingerprint density at radius 2 is 2.05 bits per heavy atom. The summed E-state index contributed by atoms with van der Waals surface area (Å²) in [5.41, 5.74) is 0.797. The molecule has 0 aromatic heterocycles. The van der Waals surface area contributed by atoms with Gasteiger partial charge in [0.25, 0.3) is 0 Å². The SMILES string of the molecule is C[C@@H]1CNCCN1Cc1ccccc1OCC(F)(F)F.Cl. The average Bonchev–Trinajstić information content (AvgIpc) is 2.39. The maximum absolute atomic E-state index is 12.2. The molecule has 1 saturated heterocycles. The standard InChI is InChI=1S/C14H19F3N2O.ClH/c1-11-8-18-6-7-19(11)9-12-4-2-3-5-13(12)20-10-14(15,16)17;/h2-5,11,18H,6-10H2,1H3;1H/t11-;/m1./s1. The van der Waals surface area contributed by atoms with Crippen molar-refractivity contribution >= 4 is 12.4 Å². The van der Waals surface area contributed by atoms with Crippen molar-refractivity contribution in [3.8, 4) is 5.75 Å². The topological polar surface area (TPSA) is 24.5 Å². The molecule has 7 heteroatoms. The second-order valence-electron chi connectivity index (χ2n) is 5.04. The summed E-state index contributed by atoms with van der Waals surface area (Å²) in [6.07, 6.45) is -4.31. The van der Waals surface area contributed by atoms with E-state index >= 15 is 0 Å². The van der Waals surface area contributed by atoms with E-state index < -0.39 is 12.8 Å². The Labute approximate surface area is 128 Å². The molecular weight excluding hydrogens is 305 g/mol. The zero-order chi connectivity index (χ0) is 14.6. The van der Waals surface area contributed by atoms with Gasteiger partial charge in [-0.25, -0.2) is 0 Å². The van der Waals surface area contributed by atoms with Gasteiger partial charge in [0.1, 0.15) is 5.75 Å². The van der Waals surface area contributed by atoms with Crippen LogP contribution in [0.1, 0.15) is 12.5 Å². The van der Waals surface area contributed by atoms with Gasteiger partial charge < -0.3 is 10.1 Å². The normalized spacial score (nSPS) is 19.9. The molecule has 1 aliphatic rings. The van der Waals surface area contributed by atoms with Crippen LogP contribution in [0.3, 0.4) is 0 Å². The van der Waals surface area contributed by atoms with Crippen LogP contribution in [0, 0.1) is 0 Å². The fourth-order valence-electron chi connectivity index (χ4n) is 2.27. The van der Waals surface area contributed by atoms with Gasteiger partial charge in [-0.1, -0.05) is 18.2 Å². The van der Waals surface area contributed by atoms with Crippen LogP contribution < -0.4 is 10.1 Å². The Balaban J connectivity index is 0.00000220. The fourth-order valence-corrected chi connectivity index (χ4v) is 2.27. The Morgan fingerprint density at radius 3 is 2.71 bits per heavy atom. The number of benzene rings is 1. The number of piperazine rings is 1. The van der Waals surface area contributed by atoms with Gasteiger partial charge in [0.05, 0.1) is 0 Å². The molecule has 0 aliphatic carbocycles. The van der Waals surface area contributed by atoms with E-state index in [2.05, 4.69) is 17.1 Å². The van der Waals surface area contributed by atoms with E-state index in [1.54, 1.807) is 12.1 Å². The zero-order valence-electron chi connectivity index (χ0n) is 11.8. The number of alkyl halides is 3. The lowest BCUT2D eigenvalue weighted by atomic mass is 10.1. The van der Waals surface area contributed by atoms with E-state index in [0.29, 0.717) is 18.3 Å². The molecule has 0 saturated carbocycles. The molecule has 0 radical (unpaired) electrons.